The first-order chi connectivity index (χ1) is 8.92. The Balaban J connectivity index is 3.27. The van der Waals surface area contributed by atoms with E-state index in [9.17, 15) is 4.39 Å². The lowest BCUT2D eigenvalue weighted by atomic mass is 9.80. The van der Waals surface area contributed by atoms with E-state index in [0.29, 0.717) is 5.56 Å². The molecule has 0 aliphatic rings. The molecule has 1 rings (SSSR count). The van der Waals surface area contributed by atoms with E-state index < -0.39 is 0 Å². The molecule has 0 spiro atoms. The lowest BCUT2D eigenvalue weighted by Crippen LogP contribution is -2.54. The van der Waals surface area contributed by atoms with Gasteiger partial charge in [0.25, 0.3) is 0 Å². The fourth-order valence-electron chi connectivity index (χ4n) is 2.90. The molecule has 19 heavy (non-hydrogen) atoms. The number of likely N-dealkylation sites (N-methyl/N-ethyl adjacent to an activating group) is 1. The van der Waals surface area contributed by atoms with Crippen molar-refractivity contribution >= 4 is 0 Å². The average molecular weight is 267 g/mol. The van der Waals surface area contributed by atoms with Crippen LogP contribution in [0, 0.1) is 12.7 Å². The molecule has 1 atom stereocenters. The summed E-state index contributed by atoms with van der Waals surface area (Å²) in [5, 5.41) is 0. The molecular formula is C15H26FN3. The molecule has 0 bridgehead atoms. The van der Waals surface area contributed by atoms with Crippen LogP contribution in [0.4, 0.5) is 4.39 Å². The summed E-state index contributed by atoms with van der Waals surface area (Å²) >= 11 is 0. The molecule has 1 unspecified atom stereocenters. The zero-order valence-electron chi connectivity index (χ0n) is 12.6. The summed E-state index contributed by atoms with van der Waals surface area (Å²) in [6.45, 7) is 6.04. The molecule has 3 N–H and O–H groups in total. The maximum Gasteiger partial charge on any atom is 0.126 e. The first kappa shape index (κ1) is 16.1. The molecule has 3 nitrogen and oxygen atoms in total. The van der Waals surface area contributed by atoms with Crippen molar-refractivity contribution in [3.8, 4) is 0 Å². The normalized spacial score (nSPS) is 13.9. The van der Waals surface area contributed by atoms with E-state index in [-0.39, 0.29) is 17.4 Å². The maximum absolute atomic E-state index is 13.8. The Morgan fingerprint density at radius 2 is 1.89 bits per heavy atom. The van der Waals surface area contributed by atoms with Crippen LogP contribution in [0.25, 0.3) is 0 Å². The molecule has 0 radical (unpaired) electrons. The predicted molar refractivity (Wildman–Crippen MR) is 78.2 cm³/mol. The van der Waals surface area contributed by atoms with Gasteiger partial charge in [0.05, 0.1) is 6.04 Å². The Kier molecular flexibility index (Phi) is 5.47. The first-order valence-corrected chi connectivity index (χ1v) is 6.82. The van der Waals surface area contributed by atoms with E-state index >= 15 is 0 Å². The molecule has 0 heterocycles. The van der Waals surface area contributed by atoms with Crippen LogP contribution in [0.3, 0.4) is 0 Å². The third-order valence-corrected chi connectivity index (χ3v) is 4.35. The van der Waals surface area contributed by atoms with Gasteiger partial charge in [-0.1, -0.05) is 26.0 Å². The number of nitrogens with zero attached hydrogens (tertiary/aromatic N) is 1. The maximum atomic E-state index is 13.8. The summed E-state index contributed by atoms with van der Waals surface area (Å²) in [6.07, 6.45) is 1.86. The second-order valence-corrected chi connectivity index (χ2v) is 5.31. The van der Waals surface area contributed by atoms with Gasteiger partial charge in [-0.3, -0.25) is 11.3 Å². The lowest BCUT2D eigenvalue weighted by molar-refractivity contribution is 0.0880. The number of aryl methyl sites for hydroxylation is 1. The van der Waals surface area contributed by atoms with Gasteiger partial charge in [0, 0.05) is 5.54 Å². The Morgan fingerprint density at radius 3 is 2.26 bits per heavy atom. The number of hydrogen-bond acceptors (Lipinski definition) is 3. The standard InChI is InChI=1S/C15H26FN3/c1-6-15(7-2,19(4)5)14(18-17)12-9-8-11(3)13(16)10-12/h8-10,14,18H,6-7,17H2,1-5H3. The van der Waals surface area contributed by atoms with E-state index in [4.69, 9.17) is 5.84 Å². The summed E-state index contributed by atoms with van der Waals surface area (Å²) < 4.78 is 13.8. The topological polar surface area (TPSA) is 41.3 Å². The third kappa shape index (κ3) is 2.96. The minimum atomic E-state index is -0.183. The Morgan fingerprint density at radius 1 is 1.32 bits per heavy atom. The molecule has 0 saturated heterocycles. The molecule has 0 aliphatic heterocycles. The van der Waals surface area contributed by atoms with E-state index in [1.165, 1.54) is 0 Å². The largest absolute Gasteiger partial charge is 0.302 e. The predicted octanol–water partition coefficient (Wildman–Crippen LogP) is 2.76. The minimum Gasteiger partial charge on any atom is -0.302 e. The summed E-state index contributed by atoms with van der Waals surface area (Å²) in [6, 6.07) is 5.24. The summed E-state index contributed by atoms with van der Waals surface area (Å²) in [4.78, 5) is 2.18. The van der Waals surface area contributed by atoms with Crippen molar-refractivity contribution in [1.29, 1.82) is 0 Å². The molecule has 0 fully saturated rings. The molecule has 0 aromatic heterocycles. The second-order valence-electron chi connectivity index (χ2n) is 5.31. The van der Waals surface area contributed by atoms with Gasteiger partial charge in [0.15, 0.2) is 0 Å². The van der Waals surface area contributed by atoms with Crippen molar-refractivity contribution in [2.45, 2.75) is 45.2 Å². The quantitative estimate of drug-likeness (QED) is 0.615. The lowest BCUT2D eigenvalue weighted by Gasteiger charge is -2.45. The number of rotatable bonds is 6. The Labute approximate surface area is 116 Å². The summed E-state index contributed by atoms with van der Waals surface area (Å²) in [7, 11) is 4.09. The highest BCUT2D eigenvalue weighted by Gasteiger charge is 2.38. The minimum absolute atomic E-state index is 0.104. The highest BCUT2D eigenvalue weighted by Crippen LogP contribution is 2.35. The van der Waals surface area contributed by atoms with Crippen LogP contribution in [0.1, 0.15) is 43.9 Å². The van der Waals surface area contributed by atoms with Crippen molar-refractivity contribution in [2.24, 2.45) is 5.84 Å². The number of halogens is 1. The number of hydrogen-bond donors (Lipinski definition) is 2. The SMILES string of the molecule is CCC(CC)(C(NN)c1ccc(C)c(F)c1)N(C)C. The average Bonchev–Trinajstić information content (AvgIpc) is 2.39. The van der Waals surface area contributed by atoms with Crippen LogP contribution in [0.15, 0.2) is 18.2 Å². The molecule has 4 heteroatoms. The van der Waals surface area contributed by atoms with Crippen LogP contribution < -0.4 is 11.3 Å². The van der Waals surface area contributed by atoms with Crippen LogP contribution in [0.5, 0.6) is 0 Å². The number of nitrogens with one attached hydrogen (secondary N) is 1. The van der Waals surface area contributed by atoms with Gasteiger partial charge in [-0.15, -0.1) is 0 Å². The summed E-state index contributed by atoms with van der Waals surface area (Å²) in [5.41, 5.74) is 4.30. The third-order valence-electron chi connectivity index (χ3n) is 4.35. The number of hydrazine groups is 1. The first-order valence-electron chi connectivity index (χ1n) is 6.82. The van der Waals surface area contributed by atoms with Gasteiger partial charge < -0.3 is 4.90 Å². The van der Waals surface area contributed by atoms with E-state index in [1.807, 2.05) is 20.2 Å². The summed E-state index contributed by atoms with van der Waals surface area (Å²) in [5.74, 6) is 5.59. The van der Waals surface area contributed by atoms with Crippen LogP contribution in [0.2, 0.25) is 0 Å². The van der Waals surface area contributed by atoms with Crippen molar-refractivity contribution in [1.82, 2.24) is 10.3 Å². The fraction of sp³-hybridized carbons (Fsp3) is 0.600. The van der Waals surface area contributed by atoms with E-state index in [1.54, 1.807) is 19.1 Å². The molecule has 0 saturated carbocycles. The van der Waals surface area contributed by atoms with Crippen molar-refractivity contribution < 1.29 is 4.39 Å². The molecular weight excluding hydrogens is 241 g/mol. The molecule has 1 aromatic rings. The Hall–Kier alpha value is -0.970. The van der Waals surface area contributed by atoms with Gasteiger partial charge in [-0.25, -0.2) is 4.39 Å². The highest BCUT2D eigenvalue weighted by atomic mass is 19.1. The van der Waals surface area contributed by atoms with Crippen molar-refractivity contribution in [2.75, 3.05) is 14.1 Å². The number of benzene rings is 1. The molecule has 0 amide bonds. The zero-order chi connectivity index (χ0) is 14.6. The van der Waals surface area contributed by atoms with Crippen LogP contribution >= 0.6 is 0 Å². The van der Waals surface area contributed by atoms with Crippen LogP contribution in [-0.2, 0) is 0 Å². The molecule has 108 valence electrons. The molecule has 1 aromatic carbocycles. The van der Waals surface area contributed by atoms with Crippen molar-refractivity contribution in [3.05, 3.63) is 35.1 Å². The monoisotopic (exact) mass is 267 g/mol. The molecule has 0 aliphatic carbocycles. The zero-order valence-corrected chi connectivity index (χ0v) is 12.6. The smallest absolute Gasteiger partial charge is 0.126 e. The number of nitrogens with two attached hydrogens (primary N) is 1. The van der Waals surface area contributed by atoms with Gasteiger partial charge in [0.1, 0.15) is 5.82 Å². The fourth-order valence-corrected chi connectivity index (χ4v) is 2.90. The van der Waals surface area contributed by atoms with E-state index in [0.717, 1.165) is 18.4 Å². The van der Waals surface area contributed by atoms with Crippen molar-refractivity contribution in [3.63, 3.8) is 0 Å². The highest BCUT2D eigenvalue weighted by molar-refractivity contribution is 5.28. The van der Waals surface area contributed by atoms with Crippen LogP contribution in [-0.4, -0.2) is 24.5 Å². The Bertz CT molecular complexity index is 414. The van der Waals surface area contributed by atoms with Gasteiger partial charge >= 0.3 is 0 Å². The van der Waals surface area contributed by atoms with Gasteiger partial charge in [0.2, 0.25) is 0 Å². The second kappa shape index (κ2) is 6.46. The van der Waals surface area contributed by atoms with E-state index in [2.05, 4.69) is 24.2 Å². The van der Waals surface area contributed by atoms with Gasteiger partial charge in [-0.2, -0.15) is 0 Å². The van der Waals surface area contributed by atoms with Gasteiger partial charge in [-0.05, 0) is 51.1 Å².